The van der Waals surface area contributed by atoms with Crippen LogP contribution in [0, 0.1) is 0 Å². The number of nitrogens with one attached hydrogen (secondary N) is 1. The highest BCUT2D eigenvalue weighted by Gasteiger charge is 2.19. The van der Waals surface area contributed by atoms with Crippen LogP contribution in [0.5, 0.6) is 0 Å². The summed E-state index contributed by atoms with van der Waals surface area (Å²) in [6.45, 7) is 7.14. The lowest BCUT2D eigenvalue weighted by atomic mass is 9.96. The number of hydrogen-bond donors (Lipinski definition) is 2. The molecule has 0 aromatic rings. The van der Waals surface area contributed by atoms with E-state index >= 15 is 0 Å². The Bertz CT molecular complexity index is 133. The van der Waals surface area contributed by atoms with Gasteiger partial charge < -0.3 is 15.2 Å². The summed E-state index contributed by atoms with van der Waals surface area (Å²) in [5.74, 6) is 0. The van der Waals surface area contributed by atoms with E-state index in [9.17, 15) is 0 Å². The molecule has 0 amide bonds. The zero-order valence-corrected chi connectivity index (χ0v) is 9.97. The maximum Gasteiger partial charge on any atom is 0.0610 e. The molecule has 86 valence electrons. The lowest BCUT2D eigenvalue weighted by Gasteiger charge is -2.26. The Balaban J connectivity index is 3.43. The zero-order valence-electron chi connectivity index (χ0n) is 9.97. The number of aliphatic hydroxyl groups is 1. The van der Waals surface area contributed by atoms with Crippen LogP contribution in [0.25, 0.3) is 0 Å². The highest BCUT2D eigenvalue weighted by molar-refractivity contribution is 4.79. The predicted octanol–water partition coefficient (Wildman–Crippen LogP) is 1.55. The lowest BCUT2D eigenvalue weighted by Crippen LogP contribution is -2.43. The van der Waals surface area contributed by atoms with Gasteiger partial charge in [-0.1, -0.05) is 0 Å². The minimum atomic E-state index is -0.127. The third-order valence-electron chi connectivity index (χ3n) is 2.53. The Labute approximate surface area is 87.8 Å². The van der Waals surface area contributed by atoms with Crippen LogP contribution in [0.1, 0.15) is 40.0 Å². The van der Waals surface area contributed by atoms with E-state index < -0.39 is 0 Å². The standard InChI is InChI=1S/C11H25NO2/c1-10(2)14-8-6-5-7-11(3,9-13)12-4/h10,12-13H,5-9H2,1-4H3. The molecular weight excluding hydrogens is 178 g/mol. The van der Waals surface area contributed by atoms with Gasteiger partial charge in [0.15, 0.2) is 0 Å². The van der Waals surface area contributed by atoms with Crippen molar-refractivity contribution in [1.29, 1.82) is 0 Å². The van der Waals surface area contributed by atoms with Crippen molar-refractivity contribution in [2.45, 2.75) is 51.7 Å². The molecule has 0 aromatic carbocycles. The molecule has 0 saturated heterocycles. The highest BCUT2D eigenvalue weighted by Crippen LogP contribution is 2.12. The maximum absolute atomic E-state index is 9.14. The summed E-state index contributed by atoms with van der Waals surface area (Å²) in [5, 5.41) is 12.3. The summed E-state index contributed by atoms with van der Waals surface area (Å²) in [7, 11) is 1.89. The van der Waals surface area contributed by atoms with Crippen LogP contribution in [0.3, 0.4) is 0 Å². The molecule has 1 unspecified atom stereocenters. The Morgan fingerprint density at radius 2 is 2.00 bits per heavy atom. The summed E-state index contributed by atoms with van der Waals surface area (Å²) in [6, 6.07) is 0. The molecule has 0 spiro atoms. The van der Waals surface area contributed by atoms with Gasteiger partial charge in [-0.05, 0) is 47.1 Å². The first-order valence-corrected chi connectivity index (χ1v) is 5.45. The smallest absolute Gasteiger partial charge is 0.0610 e. The van der Waals surface area contributed by atoms with E-state index in [-0.39, 0.29) is 12.1 Å². The first-order valence-electron chi connectivity index (χ1n) is 5.45. The van der Waals surface area contributed by atoms with Crippen LogP contribution in [0.2, 0.25) is 0 Å². The molecule has 0 aliphatic carbocycles. The van der Waals surface area contributed by atoms with Gasteiger partial charge in [0.2, 0.25) is 0 Å². The van der Waals surface area contributed by atoms with E-state index in [1.165, 1.54) is 0 Å². The van der Waals surface area contributed by atoms with Gasteiger partial charge in [0, 0.05) is 12.1 Å². The second-order valence-electron chi connectivity index (χ2n) is 4.35. The van der Waals surface area contributed by atoms with Gasteiger partial charge in [0.1, 0.15) is 0 Å². The third-order valence-corrected chi connectivity index (χ3v) is 2.53. The molecule has 0 aliphatic heterocycles. The normalized spacial score (nSPS) is 15.9. The average Bonchev–Trinajstić information content (AvgIpc) is 2.16. The fourth-order valence-corrected chi connectivity index (χ4v) is 1.22. The van der Waals surface area contributed by atoms with Crippen molar-refractivity contribution in [3.63, 3.8) is 0 Å². The molecule has 14 heavy (non-hydrogen) atoms. The largest absolute Gasteiger partial charge is 0.394 e. The minimum absolute atomic E-state index is 0.127. The minimum Gasteiger partial charge on any atom is -0.394 e. The predicted molar refractivity (Wildman–Crippen MR) is 59.5 cm³/mol. The third kappa shape index (κ3) is 6.35. The van der Waals surface area contributed by atoms with Gasteiger partial charge in [0.05, 0.1) is 12.7 Å². The molecule has 0 heterocycles. The maximum atomic E-state index is 9.14. The molecule has 0 bridgehead atoms. The number of hydrogen-bond acceptors (Lipinski definition) is 3. The highest BCUT2D eigenvalue weighted by atomic mass is 16.5. The van der Waals surface area contributed by atoms with E-state index in [2.05, 4.69) is 5.32 Å². The molecule has 3 nitrogen and oxygen atoms in total. The zero-order chi connectivity index (χ0) is 11.0. The van der Waals surface area contributed by atoms with Gasteiger partial charge in [-0.3, -0.25) is 0 Å². The van der Waals surface area contributed by atoms with Crippen LogP contribution < -0.4 is 5.32 Å². The summed E-state index contributed by atoms with van der Waals surface area (Å²) >= 11 is 0. The summed E-state index contributed by atoms with van der Waals surface area (Å²) in [5.41, 5.74) is -0.127. The van der Waals surface area contributed by atoms with Crippen molar-refractivity contribution in [2.24, 2.45) is 0 Å². The van der Waals surface area contributed by atoms with Crippen molar-refractivity contribution in [3.05, 3.63) is 0 Å². The van der Waals surface area contributed by atoms with Crippen LogP contribution in [-0.4, -0.2) is 37.0 Å². The van der Waals surface area contributed by atoms with Crippen molar-refractivity contribution >= 4 is 0 Å². The van der Waals surface area contributed by atoms with Crippen molar-refractivity contribution < 1.29 is 9.84 Å². The second kappa shape index (κ2) is 7.21. The fourth-order valence-electron chi connectivity index (χ4n) is 1.22. The molecule has 0 radical (unpaired) electrons. The molecule has 1 atom stereocenters. The second-order valence-corrected chi connectivity index (χ2v) is 4.35. The van der Waals surface area contributed by atoms with Crippen molar-refractivity contribution in [3.8, 4) is 0 Å². The number of unbranched alkanes of at least 4 members (excludes halogenated alkanes) is 1. The monoisotopic (exact) mass is 203 g/mol. The van der Waals surface area contributed by atoms with Gasteiger partial charge in [-0.15, -0.1) is 0 Å². The first kappa shape index (κ1) is 13.9. The van der Waals surface area contributed by atoms with Crippen molar-refractivity contribution in [1.82, 2.24) is 5.32 Å². The molecule has 0 saturated carbocycles. The molecular formula is C11H25NO2. The molecule has 0 aromatic heterocycles. The molecule has 0 aliphatic rings. The molecule has 3 heteroatoms. The van der Waals surface area contributed by atoms with Gasteiger partial charge >= 0.3 is 0 Å². The van der Waals surface area contributed by atoms with E-state index in [0.717, 1.165) is 25.9 Å². The Hall–Kier alpha value is -0.120. The Kier molecular flexibility index (Phi) is 7.15. The fraction of sp³-hybridized carbons (Fsp3) is 1.00. The molecule has 0 rings (SSSR count). The summed E-state index contributed by atoms with van der Waals surface area (Å²) in [6.07, 6.45) is 3.46. The van der Waals surface area contributed by atoms with Crippen LogP contribution in [0.15, 0.2) is 0 Å². The number of ether oxygens (including phenoxy) is 1. The number of likely N-dealkylation sites (N-methyl/N-ethyl adjacent to an activating group) is 1. The van der Waals surface area contributed by atoms with Gasteiger partial charge in [0.25, 0.3) is 0 Å². The van der Waals surface area contributed by atoms with E-state index in [0.29, 0.717) is 6.10 Å². The van der Waals surface area contributed by atoms with Crippen LogP contribution in [0.4, 0.5) is 0 Å². The number of aliphatic hydroxyl groups excluding tert-OH is 1. The molecule has 0 fully saturated rings. The quantitative estimate of drug-likeness (QED) is 0.588. The van der Waals surface area contributed by atoms with Gasteiger partial charge in [-0.2, -0.15) is 0 Å². The van der Waals surface area contributed by atoms with Crippen LogP contribution in [-0.2, 0) is 4.74 Å². The van der Waals surface area contributed by atoms with E-state index in [4.69, 9.17) is 9.84 Å². The summed E-state index contributed by atoms with van der Waals surface area (Å²) in [4.78, 5) is 0. The molecule has 2 N–H and O–H groups in total. The Morgan fingerprint density at radius 1 is 1.36 bits per heavy atom. The van der Waals surface area contributed by atoms with Gasteiger partial charge in [-0.25, -0.2) is 0 Å². The Morgan fingerprint density at radius 3 is 2.43 bits per heavy atom. The van der Waals surface area contributed by atoms with Crippen LogP contribution >= 0.6 is 0 Å². The topological polar surface area (TPSA) is 41.5 Å². The summed E-state index contributed by atoms with van der Waals surface area (Å²) < 4.78 is 5.44. The SMILES string of the molecule is CNC(C)(CO)CCCCOC(C)C. The lowest BCUT2D eigenvalue weighted by molar-refractivity contribution is 0.0732. The number of rotatable bonds is 8. The average molecular weight is 203 g/mol. The van der Waals surface area contributed by atoms with E-state index in [1.54, 1.807) is 0 Å². The van der Waals surface area contributed by atoms with Crippen molar-refractivity contribution in [2.75, 3.05) is 20.3 Å². The first-order chi connectivity index (χ1) is 6.54. The van der Waals surface area contributed by atoms with E-state index in [1.807, 2.05) is 27.8 Å².